The second-order valence-electron chi connectivity index (χ2n) is 6.10. The highest BCUT2D eigenvalue weighted by molar-refractivity contribution is 4.79. The van der Waals surface area contributed by atoms with Crippen molar-refractivity contribution in [2.24, 2.45) is 29.2 Å². The molecule has 0 aromatic carbocycles. The van der Waals surface area contributed by atoms with E-state index >= 15 is 0 Å². The molecule has 2 heteroatoms. The van der Waals surface area contributed by atoms with Crippen LogP contribution in [0.15, 0.2) is 0 Å². The quantitative estimate of drug-likeness (QED) is 0.724. The van der Waals surface area contributed by atoms with Crippen LogP contribution in [0.25, 0.3) is 0 Å². The molecule has 2 saturated carbocycles. The van der Waals surface area contributed by atoms with E-state index < -0.39 is 0 Å². The van der Waals surface area contributed by atoms with Gasteiger partial charge in [-0.25, -0.2) is 0 Å². The molecule has 0 radical (unpaired) electrons. The molecule has 4 N–H and O–H groups in total. The van der Waals surface area contributed by atoms with Crippen molar-refractivity contribution in [1.29, 1.82) is 0 Å². The summed E-state index contributed by atoms with van der Waals surface area (Å²) in [6.07, 6.45) is 14.2. The first-order chi connectivity index (χ1) is 7.75. The first kappa shape index (κ1) is 12.4. The summed E-state index contributed by atoms with van der Waals surface area (Å²) < 4.78 is 0. The molecule has 0 bridgehead atoms. The maximum absolute atomic E-state index is 5.77. The van der Waals surface area contributed by atoms with Gasteiger partial charge in [0, 0.05) is 0 Å². The molecule has 16 heavy (non-hydrogen) atoms. The van der Waals surface area contributed by atoms with E-state index in [1.807, 2.05) is 0 Å². The lowest BCUT2D eigenvalue weighted by atomic mass is 9.74. The van der Waals surface area contributed by atoms with E-state index in [0.717, 1.165) is 11.8 Å². The van der Waals surface area contributed by atoms with Gasteiger partial charge in [0.25, 0.3) is 0 Å². The van der Waals surface area contributed by atoms with Gasteiger partial charge < -0.3 is 11.5 Å². The SMILES string of the molecule is NC(N)C1CCC(CC2CCCCC2)CC1. The minimum absolute atomic E-state index is 0.0735. The molecule has 0 unspecified atom stereocenters. The summed E-state index contributed by atoms with van der Waals surface area (Å²) in [7, 11) is 0. The van der Waals surface area contributed by atoms with Crippen LogP contribution in [0.4, 0.5) is 0 Å². The summed E-state index contributed by atoms with van der Waals surface area (Å²) >= 11 is 0. The lowest BCUT2D eigenvalue weighted by Gasteiger charge is -2.33. The fourth-order valence-corrected chi connectivity index (χ4v) is 3.70. The predicted octanol–water partition coefficient (Wildman–Crippen LogP) is 3.01. The first-order valence-electron chi connectivity index (χ1n) is 7.27. The minimum Gasteiger partial charge on any atom is -0.316 e. The van der Waals surface area contributed by atoms with E-state index in [2.05, 4.69) is 0 Å². The topological polar surface area (TPSA) is 52.0 Å². The lowest BCUT2D eigenvalue weighted by molar-refractivity contribution is 0.197. The Morgan fingerprint density at radius 2 is 1.31 bits per heavy atom. The molecule has 0 amide bonds. The van der Waals surface area contributed by atoms with Crippen molar-refractivity contribution in [3.63, 3.8) is 0 Å². The third-order valence-electron chi connectivity index (χ3n) is 4.83. The molecule has 94 valence electrons. The maximum Gasteiger partial charge on any atom is 0.0549 e. The van der Waals surface area contributed by atoms with Gasteiger partial charge in [-0.2, -0.15) is 0 Å². The average Bonchev–Trinajstić information content (AvgIpc) is 2.31. The predicted molar refractivity (Wildman–Crippen MR) is 68.8 cm³/mol. The second-order valence-corrected chi connectivity index (χ2v) is 6.10. The van der Waals surface area contributed by atoms with Crippen molar-refractivity contribution >= 4 is 0 Å². The van der Waals surface area contributed by atoms with Crippen molar-refractivity contribution in [2.75, 3.05) is 0 Å². The Morgan fingerprint density at radius 3 is 1.88 bits per heavy atom. The largest absolute Gasteiger partial charge is 0.316 e. The number of hydrogen-bond acceptors (Lipinski definition) is 2. The maximum atomic E-state index is 5.77. The highest BCUT2D eigenvalue weighted by atomic mass is 14.9. The Hall–Kier alpha value is -0.0800. The Kier molecular flexibility index (Phi) is 4.66. The van der Waals surface area contributed by atoms with Crippen LogP contribution >= 0.6 is 0 Å². The molecule has 2 aliphatic rings. The number of nitrogens with two attached hydrogens (primary N) is 2. The van der Waals surface area contributed by atoms with E-state index in [-0.39, 0.29) is 6.17 Å². The third kappa shape index (κ3) is 3.46. The van der Waals surface area contributed by atoms with E-state index in [1.54, 1.807) is 0 Å². The zero-order chi connectivity index (χ0) is 11.4. The van der Waals surface area contributed by atoms with Crippen molar-refractivity contribution in [2.45, 2.75) is 70.4 Å². The van der Waals surface area contributed by atoms with Gasteiger partial charge in [0.1, 0.15) is 0 Å². The molecule has 0 atom stereocenters. The van der Waals surface area contributed by atoms with E-state index in [0.29, 0.717) is 5.92 Å². The Balaban J connectivity index is 1.68. The van der Waals surface area contributed by atoms with Gasteiger partial charge in [-0.3, -0.25) is 0 Å². The van der Waals surface area contributed by atoms with E-state index in [1.165, 1.54) is 64.2 Å². The second kappa shape index (κ2) is 6.02. The molecule has 2 rings (SSSR count). The van der Waals surface area contributed by atoms with E-state index in [9.17, 15) is 0 Å². The third-order valence-corrected chi connectivity index (χ3v) is 4.83. The normalized spacial score (nSPS) is 33.2. The molecule has 0 aliphatic heterocycles. The van der Waals surface area contributed by atoms with Gasteiger partial charge in [-0.1, -0.05) is 44.9 Å². The molecule has 2 nitrogen and oxygen atoms in total. The van der Waals surface area contributed by atoms with Crippen LogP contribution in [0.2, 0.25) is 0 Å². The van der Waals surface area contributed by atoms with E-state index in [4.69, 9.17) is 11.5 Å². The zero-order valence-corrected chi connectivity index (χ0v) is 10.5. The molecule has 2 fully saturated rings. The Labute approximate surface area is 100 Å². The number of hydrogen-bond donors (Lipinski definition) is 2. The summed E-state index contributed by atoms with van der Waals surface area (Å²) in [5.74, 6) is 2.63. The van der Waals surface area contributed by atoms with Crippen molar-refractivity contribution in [3.8, 4) is 0 Å². The fraction of sp³-hybridized carbons (Fsp3) is 1.00. The van der Waals surface area contributed by atoms with Crippen LogP contribution in [0.5, 0.6) is 0 Å². The first-order valence-corrected chi connectivity index (χ1v) is 7.27. The molecule has 0 heterocycles. The van der Waals surface area contributed by atoms with Gasteiger partial charge in [-0.05, 0) is 37.0 Å². The minimum atomic E-state index is -0.0735. The molecule has 0 spiro atoms. The molecular formula is C14H28N2. The summed E-state index contributed by atoms with van der Waals surface area (Å²) in [4.78, 5) is 0. The van der Waals surface area contributed by atoms with Crippen molar-refractivity contribution in [3.05, 3.63) is 0 Å². The zero-order valence-electron chi connectivity index (χ0n) is 10.5. The smallest absolute Gasteiger partial charge is 0.0549 e. The van der Waals surface area contributed by atoms with Crippen LogP contribution in [0.3, 0.4) is 0 Å². The summed E-state index contributed by atoms with van der Waals surface area (Å²) in [5.41, 5.74) is 11.5. The molecular weight excluding hydrogens is 196 g/mol. The van der Waals surface area contributed by atoms with Crippen molar-refractivity contribution < 1.29 is 0 Å². The van der Waals surface area contributed by atoms with Crippen LogP contribution in [-0.2, 0) is 0 Å². The van der Waals surface area contributed by atoms with Gasteiger partial charge >= 0.3 is 0 Å². The summed E-state index contributed by atoms with van der Waals surface area (Å²) in [6.45, 7) is 0. The standard InChI is InChI=1S/C14H28N2/c15-14(16)13-8-6-12(7-9-13)10-11-4-2-1-3-5-11/h11-14H,1-10,15-16H2. The molecule has 0 aromatic rings. The van der Waals surface area contributed by atoms with Crippen LogP contribution < -0.4 is 11.5 Å². The molecule has 0 aromatic heterocycles. The molecule has 0 saturated heterocycles. The highest BCUT2D eigenvalue weighted by Gasteiger charge is 2.26. The lowest BCUT2D eigenvalue weighted by Crippen LogP contribution is -2.40. The summed E-state index contributed by atoms with van der Waals surface area (Å²) in [6, 6.07) is 0. The summed E-state index contributed by atoms with van der Waals surface area (Å²) in [5, 5.41) is 0. The number of rotatable bonds is 3. The van der Waals surface area contributed by atoms with Gasteiger partial charge in [0.05, 0.1) is 6.17 Å². The Bertz CT molecular complexity index is 189. The highest BCUT2D eigenvalue weighted by Crippen LogP contribution is 2.37. The van der Waals surface area contributed by atoms with Gasteiger partial charge in [-0.15, -0.1) is 0 Å². The van der Waals surface area contributed by atoms with Gasteiger partial charge in [0.2, 0.25) is 0 Å². The Morgan fingerprint density at radius 1 is 0.750 bits per heavy atom. The fourth-order valence-electron chi connectivity index (χ4n) is 3.70. The van der Waals surface area contributed by atoms with Crippen LogP contribution in [0, 0.1) is 17.8 Å². The van der Waals surface area contributed by atoms with Gasteiger partial charge in [0.15, 0.2) is 0 Å². The van der Waals surface area contributed by atoms with Crippen LogP contribution in [0.1, 0.15) is 64.2 Å². The van der Waals surface area contributed by atoms with Crippen molar-refractivity contribution in [1.82, 2.24) is 0 Å². The average molecular weight is 224 g/mol. The molecule has 2 aliphatic carbocycles. The van der Waals surface area contributed by atoms with Crippen LogP contribution in [-0.4, -0.2) is 6.17 Å². The monoisotopic (exact) mass is 224 g/mol.